The molecule has 0 atom stereocenters. The van der Waals surface area contributed by atoms with Crippen molar-refractivity contribution in [1.82, 2.24) is 0 Å². The lowest BCUT2D eigenvalue weighted by Crippen LogP contribution is -2.41. The van der Waals surface area contributed by atoms with Crippen molar-refractivity contribution in [2.75, 3.05) is 23.3 Å². The first kappa shape index (κ1) is 10.5. The molecule has 1 aliphatic heterocycles. The Morgan fingerprint density at radius 3 is 3.00 bits per heavy atom. The Morgan fingerprint density at radius 2 is 2.31 bits per heavy atom. The predicted molar refractivity (Wildman–Crippen MR) is 59.7 cm³/mol. The summed E-state index contributed by atoms with van der Waals surface area (Å²) in [6.45, 7) is 1.82. The molecule has 5 nitrogen and oxygen atoms in total. The number of benzene rings is 1. The lowest BCUT2D eigenvalue weighted by Gasteiger charge is -2.30. The molecule has 1 aromatic carbocycles. The number of aliphatic carboxylic acids is 1. The molecule has 5 heteroatoms. The van der Waals surface area contributed by atoms with Gasteiger partial charge < -0.3 is 15.3 Å². The average Bonchev–Trinajstić information content (AvgIpc) is 2.15. The van der Waals surface area contributed by atoms with E-state index in [1.165, 1.54) is 0 Å². The fourth-order valence-electron chi connectivity index (χ4n) is 1.92. The summed E-state index contributed by atoms with van der Waals surface area (Å²) in [6.07, 6.45) is 0. The lowest BCUT2D eigenvalue weighted by atomic mass is 10.1. The van der Waals surface area contributed by atoms with Crippen LogP contribution in [-0.4, -0.2) is 30.1 Å². The van der Waals surface area contributed by atoms with Crippen LogP contribution in [0.4, 0.5) is 11.4 Å². The van der Waals surface area contributed by atoms with Crippen LogP contribution < -0.4 is 10.2 Å². The highest BCUT2D eigenvalue weighted by Crippen LogP contribution is 2.32. The summed E-state index contributed by atoms with van der Waals surface area (Å²) in [7, 11) is 0. The molecule has 1 aromatic rings. The molecular formula is C11H12N2O3. The quantitative estimate of drug-likeness (QED) is 0.774. The summed E-state index contributed by atoms with van der Waals surface area (Å²) in [4.78, 5) is 23.7. The number of nitrogens with zero attached hydrogens (tertiary/aromatic N) is 1. The molecule has 0 saturated carbocycles. The van der Waals surface area contributed by atoms with Gasteiger partial charge >= 0.3 is 5.97 Å². The Morgan fingerprint density at radius 1 is 1.56 bits per heavy atom. The lowest BCUT2D eigenvalue weighted by molar-refractivity contribution is -0.135. The molecule has 1 heterocycles. The molecule has 16 heavy (non-hydrogen) atoms. The van der Waals surface area contributed by atoms with E-state index in [4.69, 9.17) is 5.11 Å². The molecule has 0 spiro atoms. The number of carboxylic acid groups (broad SMARTS) is 1. The minimum absolute atomic E-state index is 0.0875. The summed E-state index contributed by atoms with van der Waals surface area (Å²) in [5.74, 6) is -1.12. The normalized spacial score (nSPS) is 14.3. The first-order chi connectivity index (χ1) is 7.58. The van der Waals surface area contributed by atoms with E-state index >= 15 is 0 Å². The monoisotopic (exact) mass is 220 g/mol. The number of carbonyl (C=O) groups excluding carboxylic acids is 1. The number of carboxylic acids is 1. The van der Waals surface area contributed by atoms with Crippen molar-refractivity contribution in [1.29, 1.82) is 0 Å². The highest BCUT2D eigenvalue weighted by molar-refractivity contribution is 6.02. The van der Waals surface area contributed by atoms with Gasteiger partial charge in [-0.05, 0) is 18.6 Å². The van der Waals surface area contributed by atoms with Gasteiger partial charge in [0.2, 0.25) is 5.91 Å². The second-order valence-corrected chi connectivity index (χ2v) is 3.77. The maximum Gasteiger partial charge on any atom is 0.323 e. The number of para-hydroxylation sites is 1. The molecule has 0 radical (unpaired) electrons. The van der Waals surface area contributed by atoms with Crippen LogP contribution in [0.3, 0.4) is 0 Å². The van der Waals surface area contributed by atoms with E-state index < -0.39 is 5.97 Å². The van der Waals surface area contributed by atoms with Crippen LogP contribution in [0.2, 0.25) is 0 Å². The van der Waals surface area contributed by atoms with Crippen LogP contribution in [0.15, 0.2) is 18.2 Å². The van der Waals surface area contributed by atoms with Crippen molar-refractivity contribution in [3.05, 3.63) is 23.8 Å². The van der Waals surface area contributed by atoms with Gasteiger partial charge in [0.05, 0.1) is 17.9 Å². The van der Waals surface area contributed by atoms with Crippen molar-refractivity contribution in [3.63, 3.8) is 0 Å². The molecule has 2 N–H and O–H groups in total. The van der Waals surface area contributed by atoms with E-state index in [-0.39, 0.29) is 19.0 Å². The molecular weight excluding hydrogens is 208 g/mol. The van der Waals surface area contributed by atoms with E-state index in [0.717, 1.165) is 11.3 Å². The number of rotatable bonds is 2. The van der Waals surface area contributed by atoms with Crippen LogP contribution >= 0.6 is 0 Å². The third-order valence-electron chi connectivity index (χ3n) is 2.49. The topological polar surface area (TPSA) is 69.6 Å². The van der Waals surface area contributed by atoms with Crippen molar-refractivity contribution in [2.45, 2.75) is 6.92 Å². The minimum atomic E-state index is -0.941. The number of aryl methyl sites for hydroxylation is 1. The molecule has 1 amide bonds. The van der Waals surface area contributed by atoms with Crippen LogP contribution in [-0.2, 0) is 9.59 Å². The summed E-state index contributed by atoms with van der Waals surface area (Å²) >= 11 is 0. The third-order valence-corrected chi connectivity index (χ3v) is 2.49. The number of carbonyl (C=O) groups is 2. The van der Waals surface area contributed by atoms with Gasteiger partial charge in [-0.15, -0.1) is 0 Å². The van der Waals surface area contributed by atoms with Gasteiger partial charge in [0.15, 0.2) is 0 Å². The molecule has 0 bridgehead atoms. The van der Waals surface area contributed by atoms with Gasteiger partial charge in [-0.1, -0.05) is 12.1 Å². The molecule has 0 fully saturated rings. The first-order valence-corrected chi connectivity index (χ1v) is 4.94. The fourth-order valence-corrected chi connectivity index (χ4v) is 1.92. The molecule has 0 saturated heterocycles. The van der Waals surface area contributed by atoms with Crippen LogP contribution in [0, 0.1) is 6.92 Å². The zero-order valence-electron chi connectivity index (χ0n) is 8.86. The van der Waals surface area contributed by atoms with E-state index in [0.29, 0.717) is 5.69 Å². The number of fused-ring (bicyclic) bond motifs is 1. The van der Waals surface area contributed by atoms with Crippen LogP contribution in [0.5, 0.6) is 0 Å². The van der Waals surface area contributed by atoms with Gasteiger partial charge in [0.1, 0.15) is 6.54 Å². The molecule has 2 rings (SSSR count). The molecule has 84 valence electrons. The SMILES string of the molecule is Cc1cccc2c1N(CC(=O)O)CC(=O)N2. The number of hydrogen-bond donors (Lipinski definition) is 2. The Bertz CT molecular complexity index is 457. The van der Waals surface area contributed by atoms with Gasteiger partial charge in [0, 0.05) is 0 Å². The Hall–Kier alpha value is -2.04. The van der Waals surface area contributed by atoms with Gasteiger partial charge in [0.25, 0.3) is 0 Å². The fraction of sp³-hybridized carbons (Fsp3) is 0.273. The smallest absolute Gasteiger partial charge is 0.323 e. The van der Waals surface area contributed by atoms with E-state index in [1.54, 1.807) is 11.0 Å². The minimum Gasteiger partial charge on any atom is -0.480 e. The zero-order valence-corrected chi connectivity index (χ0v) is 8.86. The summed E-state index contributed by atoms with van der Waals surface area (Å²) in [5.41, 5.74) is 2.43. The summed E-state index contributed by atoms with van der Waals surface area (Å²) in [6, 6.07) is 5.50. The van der Waals surface area contributed by atoms with Crippen molar-refractivity contribution in [3.8, 4) is 0 Å². The number of nitrogens with one attached hydrogen (secondary N) is 1. The Labute approximate surface area is 92.7 Å². The predicted octanol–water partition coefficient (Wildman–Crippen LogP) is 0.838. The average molecular weight is 220 g/mol. The molecule has 0 aromatic heterocycles. The highest BCUT2D eigenvalue weighted by atomic mass is 16.4. The van der Waals surface area contributed by atoms with Crippen LogP contribution in [0.25, 0.3) is 0 Å². The molecule has 0 aliphatic carbocycles. The van der Waals surface area contributed by atoms with E-state index in [2.05, 4.69) is 5.32 Å². The number of anilines is 2. The summed E-state index contributed by atoms with van der Waals surface area (Å²) < 4.78 is 0. The van der Waals surface area contributed by atoms with E-state index in [9.17, 15) is 9.59 Å². The Balaban J connectivity index is 2.43. The van der Waals surface area contributed by atoms with Gasteiger partial charge in [-0.3, -0.25) is 9.59 Å². The molecule has 0 unspecified atom stereocenters. The number of hydrogen-bond acceptors (Lipinski definition) is 3. The van der Waals surface area contributed by atoms with Gasteiger partial charge in [-0.25, -0.2) is 0 Å². The van der Waals surface area contributed by atoms with Gasteiger partial charge in [-0.2, -0.15) is 0 Å². The second kappa shape index (κ2) is 3.84. The van der Waals surface area contributed by atoms with Crippen LogP contribution in [0.1, 0.15) is 5.56 Å². The maximum atomic E-state index is 11.4. The van der Waals surface area contributed by atoms with Crippen molar-refractivity contribution < 1.29 is 14.7 Å². The maximum absolute atomic E-state index is 11.4. The highest BCUT2D eigenvalue weighted by Gasteiger charge is 2.24. The zero-order chi connectivity index (χ0) is 11.7. The first-order valence-electron chi connectivity index (χ1n) is 4.94. The van der Waals surface area contributed by atoms with Crippen molar-refractivity contribution in [2.24, 2.45) is 0 Å². The third kappa shape index (κ3) is 1.84. The molecule has 1 aliphatic rings. The summed E-state index contributed by atoms with van der Waals surface area (Å²) in [5, 5.41) is 11.5. The number of amides is 1. The van der Waals surface area contributed by atoms with Crippen molar-refractivity contribution >= 4 is 23.3 Å². The second-order valence-electron chi connectivity index (χ2n) is 3.77. The van der Waals surface area contributed by atoms with E-state index in [1.807, 2.05) is 19.1 Å². The standard InChI is InChI=1S/C11H12N2O3/c1-7-3-2-4-8-11(7)13(6-10(15)16)5-9(14)12-8/h2-4H,5-6H2,1H3,(H,12,14)(H,15,16). The Kier molecular flexibility index (Phi) is 2.52. The largest absolute Gasteiger partial charge is 0.480 e.